The van der Waals surface area contributed by atoms with E-state index in [1.54, 1.807) is 6.20 Å². The molecule has 20 heavy (non-hydrogen) atoms. The summed E-state index contributed by atoms with van der Waals surface area (Å²) in [5.74, 6) is 0.104. The highest BCUT2D eigenvalue weighted by atomic mass is 16.2. The lowest BCUT2D eigenvalue weighted by Crippen LogP contribution is -2.54. The van der Waals surface area contributed by atoms with Crippen LogP contribution in [0.1, 0.15) is 51.8 Å². The second-order valence-corrected chi connectivity index (χ2v) is 6.07. The quantitative estimate of drug-likeness (QED) is 0.894. The SMILES string of the molecule is CC[C@@H](NC(=O)C(C)(C)N1CCCC1)c1ccnn1C. The van der Waals surface area contributed by atoms with Crippen LogP contribution in [-0.4, -0.2) is 39.2 Å². The third kappa shape index (κ3) is 2.87. The van der Waals surface area contributed by atoms with E-state index in [2.05, 4.69) is 22.2 Å². The van der Waals surface area contributed by atoms with Gasteiger partial charge in [0.15, 0.2) is 0 Å². The zero-order valence-electron chi connectivity index (χ0n) is 13.0. The summed E-state index contributed by atoms with van der Waals surface area (Å²) >= 11 is 0. The molecule has 5 heteroatoms. The van der Waals surface area contributed by atoms with Crippen LogP contribution < -0.4 is 5.32 Å². The minimum atomic E-state index is -0.442. The molecular weight excluding hydrogens is 252 g/mol. The lowest BCUT2D eigenvalue weighted by molar-refractivity contribution is -0.132. The number of hydrogen-bond acceptors (Lipinski definition) is 3. The molecular formula is C15H26N4O. The molecule has 2 heterocycles. The van der Waals surface area contributed by atoms with Crippen molar-refractivity contribution in [1.82, 2.24) is 20.0 Å². The molecule has 1 aromatic heterocycles. The van der Waals surface area contributed by atoms with Crippen molar-refractivity contribution in [1.29, 1.82) is 0 Å². The highest BCUT2D eigenvalue weighted by Gasteiger charge is 2.37. The van der Waals surface area contributed by atoms with Gasteiger partial charge < -0.3 is 5.32 Å². The molecule has 1 saturated heterocycles. The van der Waals surface area contributed by atoms with Crippen LogP contribution in [0, 0.1) is 0 Å². The highest BCUT2D eigenvalue weighted by molar-refractivity contribution is 5.85. The average Bonchev–Trinajstić information content (AvgIpc) is 3.07. The average molecular weight is 278 g/mol. The number of amides is 1. The predicted molar refractivity (Wildman–Crippen MR) is 79.3 cm³/mol. The van der Waals surface area contributed by atoms with Gasteiger partial charge in [0.1, 0.15) is 0 Å². The Hall–Kier alpha value is -1.36. The number of nitrogens with zero attached hydrogens (tertiary/aromatic N) is 3. The molecule has 1 aromatic rings. The molecule has 0 spiro atoms. The molecule has 0 radical (unpaired) electrons. The zero-order valence-corrected chi connectivity index (χ0v) is 13.0. The van der Waals surface area contributed by atoms with E-state index < -0.39 is 5.54 Å². The predicted octanol–water partition coefficient (Wildman–Crippen LogP) is 1.86. The first kappa shape index (κ1) is 15.0. The smallest absolute Gasteiger partial charge is 0.240 e. The van der Waals surface area contributed by atoms with E-state index in [1.807, 2.05) is 31.6 Å². The van der Waals surface area contributed by atoms with Gasteiger partial charge in [-0.05, 0) is 52.3 Å². The molecule has 1 aliphatic rings. The summed E-state index contributed by atoms with van der Waals surface area (Å²) in [6.45, 7) is 8.15. The van der Waals surface area contributed by atoms with Crippen molar-refractivity contribution in [3.8, 4) is 0 Å². The third-order valence-corrected chi connectivity index (χ3v) is 4.38. The minimum absolute atomic E-state index is 0.0249. The van der Waals surface area contributed by atoms with Crippen LogP contribution in [0.2, 0.25) is 0 Å². The highest BCUT2D eigenvalue weighted by Crippen LogP contribution is 2.23. The summed E-state index contributed by atoms with van der Waals surface area (Å²) in [5.41, 5.74) is 0.612. The Balaban J connectivity index is 2.07. The molecule has 0 aromatic carbocycles. The molecule has 0 aliphatic carbocycles. The number of aromatic nitrogens is 2. The Bertz CT molecular complexity index is 460. The largest absolute Gasteiger partial charge is 0.346 e. The van der Waals surface area contributed by atoms with E-state index in [0.717, 1.165) is 25.2 Å². The molecule has 0 saturated carbocycles. The second kappa shape index (κ2) is 5.95. The molecule has 1 N–H and O–H groups in total. The number of aryl methyl sites for hydroxylation is 1. The van der Waals surface area contributed by atoms with Gasteiger partial charge in [0.2, 0.25) is 5.91 Å². The Morgan fingerprint density at radius 1 is 1.45 bits per heavy atom. The minimum Gasteiger partial charge on any atom is -0.346 e. The number of rotatable bonds is 5. The maximum absolute atomic E-state index is 12.6. The number of likely N-dealkylation sites (tertiary alicyclic amines) is 1. The third-order valence-electron chi connectivity index (χ3n) is 4.38. The Kier molecular flexibility index (Phi) is 4.48. The van der Waals surface area contributed by atoms with Crippen LogP contribution in [0.3, 0.4) is 0 Å². The summed E-state index contributed by atoms with van der Waals surface area (Å²) < 4.78 is 1.83. The van der Waals surface area contributed by atoms with Gasteiger partial charge in [-0.3, -0.25) is 14.4 Å². The number of carbonyl (C=O) groups excluding carboxylic acids is 1. The lowest BCUT2D eigenvalue weighted by Gasteiger charge is -2.35. The monoisotopic (exact) mass is 278 g/mol. The van der Waals surface area contributed by atoms with E-state index in [4.69, 9.17) is 0 Å². The molecule has 5 nitrogen and oxygen atoms in total. The van der Waals surface area contributed by atoms with Crippen molar-refractivity contribution in [2.45, 2.75) is 51.6 Å². The van der Waals surface area contributed by atoms with Gasteiger partial charge in [0, 0.05) is 13.2 Å². The summed E-state index contributed by atoms with van der Waals surface area (Å²) in [4.78, 5) is 14.9. The second-order valence-electron chi connectivity index (χ2n) is 6.07. The van der Waals surface area contributed by atoms with Gasteiger partial charge in [0.05, 0.1) is 17.3 Å². The van der Waals surface area contributed by atoms with E-state index in [9.17, 15) is 4.79 Å². The van der Waals surface area contributed by atoms with Crippen molar-refractivity contribution in [3.63, 3.8) is 0 Å². The fraction of sp³-hybridized carbons (Fsp3) is 0.733. The van der Waals surface area contributed by atoms with Crippen LogP contribution in [0.25, 0.3) is 0 Å². The molecule has 1 fully saturated rings. The molecule has 1 amide bonds. The van der Waals surface area contributed by atoms with Crippen molar-refractivity contribution >= 4 is 5.91 Å². The Morgan fingerprint density at radius 3 is 2.60 bits per heavy atom. The van der Waals surface area contributed by atoms with Gasteiger partial charge >= 0.3 is 0 Å². The first-order valence-corrected chi connectivity index (χ1v) is 7.50. The van der Waals surface area contributed by atoms with E-state index >= 15 is 0 Å². The fourth-order valence-electron chi connectivity index (χ4n) is 2.87. The Labute approximate surface area is 121 Å². The maximum atomic E-state index is 12.6. The molecule has 1 atom stereocenters. The van der Waals surface area contributed by atoms with Crippen LogP contribution in [0.15, 0.2) is 12.3 Å². The van der Waals surface area contributed by atoms with Crippen molar-refractivity contribution in [2.75, 3.05) is 13.1 Å². The van der Waals surface area contributed by atoms with Crippen molar-refractivity contribution < 1.29 is 4.79 Å². The molecule has 2 rings (SSSR count). The van der Waals surface area contributed by atoms with Gasteiger partial charge in [-0.15, -0.1) is 0 Å². The lowest BCUT2D eigenvalue weighted by atomic mass is 10.0. The van der Waals surface area contributed by atoms with Crippen LogP contribution >= 0.6 is 0 Å². The first-order chi connectivity index (χ1) is 9.46. The molecule has 112 valence electrons. The van der Waals surface area contributed by atoms with Gasteiger partial charge in [-0.2, -0.15) is 5.10 Å². The first-order valence-electron chi connectivity index (χ1n) is 7.50. The zero-order chi connectivity index (χ0) is 14.8. The standard InChI is InChI=1S/C15H26N4O/c1-5-12(13-8-9-16-18(13)4)17-14(20)15(2,3)19-10-6-7-11-19/h8-9,12H,5-7,10-11H2,1-4H3,(H,17,20)/t12-/m1/s1. The van der Waals surface area contributed by atoms with E-state index in [0.29, 0.717) is 0 Å². The maximum Gasteiger partial charge on any atom is 0.240 e. The summed E-state index contributed by atoms with van der Waals surface area (Å²) in [7, 11) is 1.91. The van der Waals surface area contributed by atoms with Gasteiger partial charge in [0.25, 0.3) is 0 Å². The number of hydrogen-bond donors (Lipinski definition) is 1. The van der Waals surface area contributed by atoms with Gasteiger partial charge in [-0.1, -0.05) is 6.92 Å². The van der Waals surface area contributed by atoms with Crippen LogP contribution in [0.5, 0.6) is 0 Å². The van der Waals surface area contributed by atoms with Crippen molar-refractivity contribution in [3.05, 3.63) is 18.0 Å². The van der Waals surface area contributed by atoms with Crippen LogP contribution in [-0.2, 0) is 11.8 Å². The van der Waals surface area contributed by atoms with E-state index in [-0.39, 0.29) is 11.9 Å². The Morgan fingerprint density at radius 2 is 2.10 bits per heavy atom. The summed E-state index contributed by atoms with van der Waals surface area (Å²) in [6.07, 6.45) is 5.02. The number of nitrogens with one attached hydrogen (secondary N) is 1. The summed E-state index contributed by atoms with van der Waals surface area (Å²) in [5, 5.41) is 7.37. The molecule has 0 unspecified atom stereocenters. The van der Waals surface area contributed by atoms with E-state index in [1.165, 1.54) is 12.8 Å². The number of carbonyl (C=O) groups is 1. The van der Waals surface area contributed by atoms with Crippen molar-refractivity contribution in [2.24, 2.45) is 7.05 Å². The fourth-order valence-corrected chi connectivity index (χ4v) is 2.87. The molecule has 1 aliphatic heterocycles. The topological polar surface area (TPSA) is 50.2 Å². The van der Waals surface area contributed by atoms with Gasteiger partial charge in [-0.25, -0.2) is 0 Å². The summed E-state index contributed by atoms with van der Waals surface area (Å²) in [6, 6.07) is 1.99. The van der Waals surface area contributed by atoms with Crippen LogP contribution in [0.4, 0.5) is 0 Å². The normalized spacial score (nSPS) is 18.2. The molecule has 0 bridgehead atoms.